The van der Waals surface area contributed by atoms with Crippen molar-refractivity contribution in [3.8, 4) is 17.2 Å². The molecule has 0 saturated carbocycles. The van der Waals surface area contributed by atoms with Crippen LogP contribution in [0.4, 0.5) is 0 Å². The Morgan fingerprint density at radius 2 is 1.73 bits per heavy atom. The largest absolute Gasteiger partial charge is 0.496 e. The van der Waals surface area contributed by atoms with Crippen LogP contribution in [0.5, 0.6) is 17.2 Å². The van der Waals surface area contributed by atoms with Gasteiger partial charge in [-0.3, -0.25) is 4.90 Å². The van der Waals surface area contributed by atoms with Crippen LogP contribution in [0.2, 0.25) is 0 Å². The molecule has 0 spiro atoms. The zero-order chi connectivity index (χ0) is 22.8. The number of rotatable bonds is 10. The lowest BCUT2D eigenvalue weighted by atomic mass is 10.1. The highest BCUT2D eigenvalue weighted by molar-refractivity contribution is 14.0. The Morgan fingerprint density at radius 1 is 1.03 bits per heavy atom. The summed E-state index contributed by atoms with van der Waals surface area (Å²) in [6.07, 6.45) is 5.50. The smallest absolute Gasteiger partial charge is 0.191 e. The Hall–Kier alpha value is -2.14. The van der Waals surface area contributed by atoms with Gasteiger partial charge >= 0.3 is 0 Å². The van der Waals surface area contributed by atoms with E-state index in [9.17, 15) is 0 Å². The van der Waals surface area contributed by atoms with E-state index in [-0.39, 0.29) is 30.0 Å². The maximum atomic E-state index is 5.76. The fourth-order valence-electron chi connectivity index (χ4n) is 4.04. The molecule has 0 amide bonds. The summed E-state index contributed by atoms with van der Waals surface area (Å²) in [5.74, 6) is 3.73. The van der Waals surface area contributed by atoms with Gasteiger partial charge in [0, 0.05) is 24.7 Å². The molecular formula is C24H37IN4O4. The number of nitrogens with one attached hydrogen (secondary N) is 2. The highest BCUT2D eigenvalue weighted by Gasteiger charge is 2.24. The topological polar surface area (TPSA) is 80.5 Å². The summed E-state index contributed by atoms with van der Waals surface area (Å²) in [5.41, 5.74) is 0.918. The van der Waals surface area contributed by atoms with Crippen molar-refractivity contribution in [2.24, 2.45) is 4.99 Å². The molecule has 9 heteroatoms. The van der Waals surface area contributed by atoms with Crippen LogP contribution in [0.1, 0.15) is 43.6 Å². The van der Waals surface area contributed by atoms with Crippen molar-refractivity contribution in [2.75, 3.05) is 47.5 Å². The van der Waals surface area contributed by atoms with E-state index in [4.69, 9.17) is 23.6 Å². The number of aliphatic imine (C=N–C) groups is 1. The van der Waals surface area contributed by atoms with Gasteiger partial charge in [-0.15, -0.1) is 24.0 Å². The van der Waals surface area contributed by atoms with E-state index in [0.29, 0.717) is 30.3 Å². The molecule has 184 valence electrons. The van der Waals surface area contributed by atoms with Gasteiger partial charge in [-0.05, 0) is 51.1 Å². The second-order valence-electron chi connectivity index (χ2n) is 7.72. The lowest BCUT2D eigenvalue weighted by Crippen LogP contribution is -2.44. The van der Waals surface area contributed by atoms with Gasteiger partial charge in [0.25, 0.3) is 0 Å². The number of hydrogen-bond donors (Lipinski definition) is 2. The van der Waals surface area contributed by atoms with Crippen LogP contribution in [0.15, 0.2) is 39.9 Å². The maximum Gasteiger partial charge on any atom is 0.191 e. The van der Waals surface area contributed by atoms with Crippen LogP contribution in [-0.2, 0) is 6.54 Å². The number of benzene rings is 1. The second-order valence-corrected chi connectivity index (χ2v) is 7.72. The molecule has 8 nitrogen and oxygen atoms in total. The molecule has 0 bridgehead atoms. The zero-order valence-electron chi connectivity index (χ0n) is 20.1. The molecule has 1 atom stereocenters. The van der Waals surface area contributed by atoms with E-state index in [1.807, 2.05) is 18.2 Å². The maximum absolute atomic E-state index is 5.76. The van der Waals surface area contributed by atoms with Crippen molar-refractivity contribution in [1.29, 1.82) is 0 Å². The first kappa shape index (κ1) is 27.1. The molecule has 1 aromatic heterocycles. The molecule has 1 saturated heterocycles. The molecule has 1 aliphatic heterocycles. The molecule has 3 rings (SSSR count). The molecule has 1 aliphatic rings. The van der Waals surface area contributed by atoms with Gasteiger partial charge in [0.2, 0.25) is 0 Å². The van der Waals surface area contributed by atoms with Crippen molar-refractivity contribution in [3.63, 3.8) is 0 Å². The number of nitrogens with zero attached hydrogens (tertiary/aromatic N) is 2. The highest BCUT2D eigenvalue weighted by atomic mass is 127. The fraction of sp³-hybridized carbons (Fsp3) is 0.542. The summed E-state index contributed by atoms with van der Waals surface area (Å²) in [6.45, 7) is 6.15. The fourth-order valence-corrected chi connectivity index (χ4v) is 4.04. The minimum absolute atomic E-state index is 0. The number of halogens is 1. The zero-order valence-corrected chi connectivity index (χ0v) is 22.4. The van der Waals surface area contributed by atoms with Crippen LogP contribution < -0.4 is 24.8 Å². The van der Waals surface area contributed by atoms with Crippen molar-refractivity contribution in [2.45, 2.75) is 38.8 Å². The predicted octanol–water partition coefficient (Wildman–Crippen LogP) is 4.21. The Labute approximate surface area is 214 Å². The number of piperidine rings is 1. The van der Waals surface area contributed by atoms with Gasteiger partial charge in [-0.1, -0.05) is 6.42 Å². The summed E-state index contributed by atoms with van der Waals surface area (Å²) in [7, 11) is 4.88. The Balaban J connectivity index is 0.00000385. The molecule has 0 radical (unpaired) electrons. The van der Waals surface area contributed by atoms with Gasteiger partial charge in [0.05, 0.1) is 40.2 Å². The summed E-state index contributed by atoms with van der Waals surface area (Å²) in [4.78, 5) is 7.29. The summed E-state index contributed by atoms with van der Waals surface area (Å²) in [5, 5.41) is 6.84. The Morgan fingerprint density at radius 3 is 2.33 bits per heavy atom. The second kappa shape index (κ2) is 14.2. The number of hydrogen-bond acceptors (Lipinski definition) is 6. The number of guanidine groups is 1. The first-order valence-corrected chi connectivity index (χ1v) is 11.3. The number of likely N-dealkylation sites (tertiary alicyclic amines) is 1. The SMILES string of the molecule is CCNC(=NCc1cc(OC)c(OC)cc1OC)NCC(c1ccco1)N1CCCCC1.I. The molecule has 1 fully saturated rings. The van der Waals surface area contributed by atoms with E-state index in [0.717, 1.165) is 36.9 Å². The minimum atomic E-state index is 0. The normalized spacial score (nSPS) is 15.3. The minimum Gasteiger partial charge on any atom is -0.496 e. The Kier molecular flexibility index (Phi) is 11.7. The first-order chi connectivity index (χ1) is 15.7. The quantitative estimate of drug-likeness (QED) is 0.251. The monoisotopic (exact) mass is 572 g/mol. The van der Waals surface area contributed by atoms with Crippen LogP contribution >= 0.6 is 24.0 Å². The van der Waals surface area contributed by atoms with E-state index >= 15 is 0 Å². The first-order valence-electron chi connectivity index (χ1n) is 11.3. The van der Waals surface area contributed by atoms with E-state index in [2.05, 4.69) is 28.5 Å². The van der Waals surface area contributed by atoms with Crippen molar-refractivity contribution < 1.29 is 18.6 Å². The third-order valence-electron chi connectivity index (χ3n) is 5.70. The van der Waals surface area contributed by atoms with Gasteiger partial charge in [0.15, 0.2) is 17.5 Å². The van der Waals surface area contributed by atoms with Crippen LogP contribution in [-0.4, -0.2) is 58.4 Å². The van der Waals surface area contributed by atoms with Crippen molar-refractivity contribution in [1.82, 2.24) is 15.5 Å². The van der Waals surface area contributed by atoms with Gasteiger partial charge in [-0.25, -0.2) is 4.99 Å². The Bertz CT molecular complexity index is 854. The lowest BCUT2D eigenvalue weighted by molar-refractivity contribution is 0.146. The number of furan rings is 1. The van der Waals surface area contributed by atoms with Crippen molar-refractivity contribution in [3.05, 3.63) is 41.9 Å². The van der Waals surface area contributed by atoms with Crippen LogP contribution in [0.3, 0.4) is 0 Å². The molecule has 33 heavy (non-hydrogen) atoms. The summed E-state index contributed by atoms with van der Waals surface area (Å²) < 4.78 is 22.1. The van der Waals surface area contributed by atoms with Crippen LogP contribution in [0, 0.1) is 0 Å². The molecule has 2 N–H and O–H groups in total. The highest BCUT2D eigenvalue weighted by Crippen LogP contribution is 2.35. The third kappa shape index (κ3) is 7.43. The lowest BCUT2D eigenvalue weighted by Gasteiger charge is -2.33. The number of ether oxygens (including phenoxy) is 3. The third-order valence-corrected chi connectivity index (χ3v) is 5.70. The molecule has 1 aromatic carbocycles. The van der Waals surface area contributed by atoms with Crippen LogP contribution in [0.25, 0.3) is 0 Å². The average Bonchev–Trinajstić information content (AvgIpc) is 3.37. The van der Waals surface area contributed by atoms with E-state index in [1.54, 1.807) is 27.6 Å². The predicted molar refractivity (Wildman–Crippen MR) is 141 cm³/mol. The van der Waals surface area contributed by atoms with E-state index < -0.39 is 0 Å². The van der Waals surface area contributed by atoms with Gasteiger partial charge < -0.3 is 29.3 Å². The molecule has 0 aliphatic carbocycles. The molecule has 2 heterocycles. The number of methoxy groups -OCH3 is 3. The standard InChI is InChI=1S/C24H36N4O4.HI/c1-5-25-24(26-16-18-14-22(30-3)23(31-4)15-21(18)29-2)27-17-19(20-10-9-13-32-20)28-11-7-6-8-12-28;/h9-10,13-15,19H,5-8,11-12,16-17H2,1-4H3,(H2,25,26,27);1H. The van der Waals surface area contributed by atoms with Gasteiger partial charge in [0.1, 0.15) is 11.5 Å². The molecular weight excluding hydrogens is 535 g/mol. The summed E-state index contributed by atoms with van der Waals surface area (Å²) >= 11 is 0. The van der Waals surface area contributed by atoms with Crippen molar-refractivity contribution >= 4 is 29.9 Å². The van der Waals surface area contributed by atoms with E-state index in [1.165, 1.54) is 19.3 Å². The van der Waals surface area contributed by atoms with Gasteiger partial charge in [-0.2, -0.15) is 0 Å². The summed E-state index contributed by atoms with van der Waals surface area (Å²) in [6, 6.07) is 7.91. The molecule has 2 aromatic rings. The average molecular weight is 572 g/mol. The molecule has 1 unspecified atom stereocenters.